The molecule has 11 heteroatoms. The molecule has 2 aromatic rings. The van der Waals surface area contributed by atoms with Crippen LogP contribution in [-0.4, -0.2) is 55.5 Å². The molecule has 0 aromatic heterocycles. The van der Waals surface area contributed by atoms with Crippen LogP contribution in [0, 0.1) is 5.82 Å². The number of ketones is 1. The van der Waals surface area contributed by atoms with Crippen molar-refractivity contribution in [2.75, 3.05) is 31.6 Å². The lowest BCUT2D eigenvalue weighted by Crippen LogP contribution is -2.45. The Hall–Kier alpha value is -3.63. The second-order valence-corrected chi connectivity index (χ2v) is 8.00. The van der Waals surface area contributed by atoms with Gasteiger partial charge in [0.2, 0.25) is 0 Å². The molecule has 1 saturated heterocycles. The number of urea groups is 1. The number of alkyl halides is 3. The maximum absolute atomic E-state index is 15.0. The van der Waals surface area contributed by atoms with Crippen molar-refractivity contribution in [2.24, 2.45) is 0 Å². The van der Waals surface area contributed by atoms with Gasteiger partial charge in [-0.3, -0.25) is 14.5 Å². The fourth-order valence-corrected chi connectivity index (χ4v) is 3.75. The lowest BCUT2D eigenvalue weighted by molar-refractivity contribution is -0.173. The summed E-state index contributed by atoms with van der Waals surface area (Å²) in [4.78, 5) is 39.5. The van der Waals surface area contributed by atoms with Crippen LogP contribution in [0.25, 0.3) is 0 Å². The number of benzene rings is 2. The zero-order chi connectivity index (χ0) is 25.6. The van der Waals surface area contributed by atoms with Gasteiger partial charge in [0.25, 0.3) is 0 Å². The number of piperidine rings is 1. The van der Waals surface area contributed by atoms with Gasteiger partial charge in [-0.05, 0) is 37.5 Å². The molecule has 3 amide bonds. The number of amides is 3. The van der Waals surface area contributed by atoms with Gasteiger partial charge in [0.05, 0.1) is 25.9 Å². The Morgan fingerprint density at radius 1 is 1.06 bits per heavy atom. The fourth-order valence-electron chi connectivity index (χ4n) is 3.75. The predicted octanol–water partition coefficient (Wildman–Crippen LogP) is 4.31. The van der Waals surface area contributed by atoms with Crippen LogP contribution >= 0.6 is 0 Å². The van der Waals surface area contributed by atoms with Gasteiger partial charge in [-0.25, -0.2) is 9.18 Å². The molecule has 0 radical (unpaired) electrons. The molecule has 3 rings (SSSR count). The first kappa shape index (κ1) is 26.0. The molecular weight excluding hydrogens is 470 g/mol. The van der Waals surface area contributed by atoms with Crippen LogP contribution in [0.15, 0.2) is 42.5 Å². The first-order valence-corrected chi connectivity index (χ1v) is 11.0. The van der Waals surface area contributed by atoms with Crippen molar-refractivity contribution in [1.29, 1.82) is 0 Å². The number of methoxy groups -OCH3 is 1. The largest absolute Gasteiger partial charge is 0.495 e. The molecular formula is C24H25F4N3O4. The minimum atomic E-state index is -5.13. The van der Waals surface area contributed by atoms with Crippen LogP contribution in [0.5, 0.6) is 5.75 Å². The van der Waals surface area contributed by atoms with E-state index in [2.05, 4.69) is 0 Å². The molecule has 0 aliphatic carbocycles. The van der Waals surface area contributed by atoms with E-state index in [-0.39, 0.29) is 23.7 Å². The smallest absolute Gasteiger partial charge is 0.471 e. The van der Waals surface area contributed by atoms with Crippen LogP contribution < -0.4 is 15.0 Å². The Labute approximate surface area is 199 Å². The quantitative estimate of drug-likeness (QED) is 0.459. The Bertz CT molecular complexity index is 1080. The highest BCUT2D eigenvalue weighted by Gasteiger charge is 2.38. The number of carbonyl (C=O) groups excluding carboxylic acids is 3. The molecule has 1 N–H and O–H groups in total. The first-order chi connectivity index (χ1) is 16.6. The average molecular weight is 495 g/mol. The summed E-state index contributed by atoms with van der Waals surface area (Å²) < 4.78 is 57.3. The van der Waals surface area contributed by atoms with Crippen LogP contribution in [0.1, 0.15) is 35.2 Å². The number of Topliss-reactive ketones (excluding diaryl/α,β-unsaturated/α-hetero) is 1. The summed E-state index contributed by atoms with van der Waals surface area (Å²) in [6, 6.07) is 9.92. The summed E-state index contributed by atoms with van der Waals surface area (Å²) >= 11 is 0. The van der Waals surface area contributed by atoms with Crippen LogP contribution in [0.4, 0.5) is 28.0 Å². The maximum Gasteiger partial charge on any atom is 0.471 e. The van der Waals surface area contributed by atoms with E-state index < -0.39 is 30.2 Å². The van der Waals surface area contributed by atoms with Gasteiger partial charge in [-0.15, -0.1) is 0 Å². The maximum atomic E-state index is 15.0. The van der Waals surface area contributed by atoms with E-state index in [1.807, 2.05) is 0 Å². The van der Waals surface area contributed by atoms with Gasteiger partial charge in [0.15, 0.2) is 5.78 Å². The minimum Gasteiger partial charge on any atom is -0.495 e. The predicted molar refractivity (Wildman–Crippen MR) is 120 cm³/mol. The van der Waals surface area contributed by atoms with Gasteiger partial charge < -0.3 is 15.0 Å². The molecule has 1 heterocycles. The normalized spacial score (nSPS) is 13.8. The molecule has 1 fully saturated rings. The summed E-state index contributed by atoms with van der Waals surface area (Å²) in [5, 5.41) is 1.46. The second kappa shape index (κ2) is 11.2. The Morgan fingerprint density at radius 2 is 1.74 bits per heavy atom. The Morgan fingerprint density at radius 3 is 2.37 bits per heavy atom. The number of halogens is 4. The van der Waals surface area contributed by atoms with Crippen molar-refractivity contribution in [3.8, 4) is 5.75 Å². The molecule has 1 aliphatic rings. The molecule has 0 unspecified atom stereocenters. The van der Waals surface area contributed by atoms with Crippen molar-refractivity contribution in [3.63, 3.8) is 0 Å². The molecule has 7 nitrogen and oxygen atoms in total. The number of nitrogens with zero attached hydrogens (tertiary/aromatic N) is 2. The number of carbonyl (C=O) groups is 3. The van der Waals surface area contributed by atoms with Crippen molar-refractivity contribution in [1.82, 2.24) is 10.2 Å². The molecule has 0 bridgehead atoms. The molecule has 188 valence electrons. The summed E-state index contributed by atoms with van der Waals surface area (Å²) in [5.74, 6) is -3.54. The highest BCUT2D eigenvalue weighted by molar-refractivity contribution is 6.00. The third-order valence-electron chi connectivity index (χ3n) is 5.60. The lowest BCUT2D eigenvalue weighted by atomic mass is 10.1. The number of ether oxygens (including phenoxy) is 1. The third-order valence-corrected chi connectivity index (χ3v) is 5.60. The lowest BCUT2D eigenvalue weighted by Gasteiger charge is -2.33. The summed E-state index contributed by atoms with van der Waals surface area (Å²) in [7, 11) is 1.46. The summed E-state index contributed by atoms with van der Waals surface area (Å²) in [6.07, 6.45) is -2.38. The van der Waals surface area contributed by atoms with Crippen LogP contribution in [0.3, 0.4) is 0 Å². The summed E-state index contributed by atoms with van der Waals surface area (Å²) in [5.41, 5.74) is 0.331. The molecule has 2 aromatic carbocycles. The molecule has 35 heavy (non-hydrogen) atoms. The zero-order valence-corrected chi connectivity index (χ0v) is 19.0. The van der Waals surface area contributed by atoms with Gasteiger partial charge >= 0.3 is 18.1 Å². The van der Waals surface area contributed by atoms with Crippen LogP contribution in [0.2, 0.25) is 0 Å². The molecule has 0 saturated carbocycles. The molecule has 0 atom stereocenters. The molecule has 0 spiro atoms. The van der Waals surface area contributed by atoms with Crippen molar-refractivity contribution >= 4 is 23.4 Å². The summed E-state index contributed by atoms with van der Waals surface area (Å²) in [6.45, 7) is 0.0484. The van der Waals surface area contributed by atoms with Crippen molar-refractivity contribution in [2.45, 2.75) is 32.0 Å². The van der Waals surface area contributed by atoms with Gasteiger partial charge in [0.1, 0.15) is 11.6 Å². The number of hydrogen-bond donors (Lipinski definition) is 1. The standard InChI is InChI=1S/C24H25F4N3O4/c1-35-21-8-4-3-7-19(21)31(23(34)30-11-5-2-6-12-30)15-17-10-9-16(13-18(17)25)20(32)14-29-22(33)24(26,27)28/h3-4,7-10,13H,2,5-6,11-12,14-15H2,1H3,(H,29,33). The van der Waals surface area contributed by atoms with E-state index in [1.54, 1.807) is 29.2 Å². The topological polar surface area (TPSA) is 79.0 Å². The number of anilines is 1. The fraction of sp³-hybridized carbons (Fsp3) is 0.375. The monoisotopic (exact) mass is 495 g/mol. The number of hydrogen-bond acceptors (Lipinski definition) is 4. The Kier molecular flexibility index (Phi) is 8.31. The van der Waals surface area contributed by atoms with E-state index in [0.717, 1.165) is 25.3 Å². The number of rotatable bonds is 7. The Balaban J connectivity index is 1.82. The van der Waals surface area contributed by atoms with Crippen LogP contribution in [-0.2, 0) is 11.3 Å². The highest BCUT2D eigenvalue weighted by Crippen LogP contribution is 2.31. The van der Waals surface area contributed by atoms with Crippen molar-refractivity contribution < 1.29 is 36.7 Å². The van der Waals surface area contributed by atoms with Gasteiger partial charge in [-0.1, -0.05) is 24.3 Å². The second-order valence-electron chi connectivity index (χ2n) is 8.00. The molecule has 1 aliphatic heterocycles. The van der Waals surface area contributed by atoms with E-state index in [1.165, 1.54) is 29.5 Å². The van der Waals surface area contributed by atoms with E-state index in [0.29, 0.717) is 24.5 Å². The van der Waals surface area contributed by atoms with E-state index in [4.69, 9.17) is 4.74 Å². The minimum absolute atomic E-state index is 0.0946. The number of nitrogens with one attached hydrogen (secondary N) is 1. The third kappa shape index (κ3) is 6.49. The van der Waals surface area contributed by atoms with Gasteiger partial charge in [-0.2, -0.15) is 13.2 Å². The first-order valence-electron chi connectivity index (χ1n) is 11.0. The van der Waals surface area contributed by atoms with E-state index in [9.17, 15) is 31.9 Å². The average Bonchev–Trinajstić information content (AvgIpc) is 2.85. The number of para-hydroxylation sites is 2. The highest BCUT2D eigenvalue weighted by atomic mass is 19.4. The SMILES string of the molecule is COc1ccccc1N(Cc1ccc(C(=O)CNC(=O)C(F)(F)F)cc1F)C(=O)N1CCCCC1. The van der Waals surface area contributed by atoms with Gasteiger partial charge in [0, 0.05) is 24.2 Å². The van der Waals surface area contributed by atoms with E-state index >= 15 is 0 Å². The van der Waals surface area contributed by atoms with Crippen molar-refractivity contribution in [3.05, 3.63) is 59.4 Å². The zero-order valence-electron chi connectivity index (χ0n) is 19.0. The number of likely N-dealkylation sites (tertiary alicyclic amines) is 1.